The first-order valence-corrected chi connectivity index (χ1v) is 9.20. The SMILES string of the molecule is Cc1nc2ccnn2cc1C(=O)Nc1ccc(CCN2CCOCC2)cc1. The minimum absolute atomic E-state index is 0.182. The Morgan fingerprint density at radius 2 is 1.96 bits per heavy atom. The van der Waals surface area contributed by atoms with Crippen molar-refractivity contribution in [1.82, 2.24) is 19.5 Å². The molecule has 1 saturated heterocycles. The lowest BCUT2D eigenvalue weighted by Crippen LogP contribution is -2.37. The first-order valence-electron chi connectivity index (χ1n) is 9.20. The maximum atomic E-state index is 12.6. The summed E-state index contributed by atoms with van der Waals surface area (Å²) in [5.74, 6) is -0.182. The highest BCUT2D eigenvalue weighted by Gasteiger charge is 2.13. The average molecular weight is 365 g/mol. The second-order valence-electron chi connectivity index (χ2n) is 6.73. The van der Waals surface area contributed by atoms with E-state index in [9.17, 15) is 4.79 Å². The molecule has 2 aromatic heterocycles. The minimum atomic E-state index is -0.182. The van der Waals surface area contributed by atoms with Gasteiger partial charge in [-0.1, -0.05) is 12.1 Å². The second-order valence-corrected chi connectivity index (χ2v) is 6.73. The zero-order chi connectivity index (χ0) is 18.6. The molecule has 7 heteroatoms. The number of nitrogens with one attached hydrogen (secondary N) is 1. The number of nitrogens with zero attached hydrogens (tertiary/aromatic N) is 4. The Bertz CT molecular complexity index is 929. The summed E-state index contributed by atoms with van der Waals surface area (Å²) in [6, 6.07) is 9.84. The molecule has 3 heterocycles. The van der Waals surface area contributed by atoms with Crippen molar-refractivity contribution < 1.29 is 9.53 Å². The van der Waals surface area contributed by atoms with Crippen molar-refractivity contribution >= 4 is 17.2 Å². The third kappa shape index (κ3) is 4.15. The largest absolute Gasteiger partial charge is 0.379 e. The van der Waals surface area contributed by atoms with Gasteiger partial charge in [0.05, 0.1) is 30.7 Å². The first-order chi connectivity index (χ1) is 13.2. The summed E-state index contributed by atoms with van der Waals surface area (Å²) >= 11 is 0. The Labute approximate surface area is 158 Å². The maximum Gasteiger partial charge on any atom is 0.259 e. The van der Waals surface area contributed by atoms with Crippen molar-refractivity contribution in [3.05, 3.63) is 59.5 Å². The van der Waals surface area contributed by atoms with Crippen LogP contribution in [0.4, 0.5) is 5.69 Å². The molecule has 3 aromatic rings. The molecule has 0 bridgehead atoms. The molecule has 7 nitrogen and oxygen atoms in total. The van der Waals surface area contributed by atoms with Crippen LogP contribution in [0.15, 0.2) is 42.7 Å². The number of hydrogen-bond donors (Lipinski definition) is 1. The lowest BCUT2D eigenvalue weighted by atomic mass is 10.1. The van der Waals surface area contributed by atoms with Gasteiger partial charge < -0.3 is 10.1 Å². The Morgan fingerprint density at radius 3 is 2.74 bits per heavy atom. The molecule has 0 spiro atoms. The van der Waals surface area contributed by atoms with Crippen molar-refractivity contribution in [2.45, 2.75) is 13.3 Å². The Kier molecular flexibility index (Phi) is 5.13. The Hall–Kier alpha value is -2.77. The third-order valence-corrected chi connectivity index (χ3v) is 4.85. The summed E-state index contributed by atoms with van der Waals surface area (Å²) in [6.07, 6.45) is 4.37. The number of benzene rings is 1. The van der Waals surface area contributed by atoms with Gasteiger partial charge >= 0.3 is 0 Å². The topological polar surface area (TPSA) is 71.8 Å². The van der Waals surface area contributed by atoms with Gasteiger partial charge in [-0.3, -0.25) is 9.69 Å². The number of carbonyl (C=O) groups is 1. The predicted octanol–water partition coefficient (Wildman–Crippen LogP) is 2.16. The van der Waals surface area contributed by atoms with Gasteiger partial charge in [-0.05, 0) is 31.0 Å². The number of ether oxygens (including phenoxy) is 1. The smallest absolute Gasteiger partial charge is 0.259 e. The molecule has 0 atom stereocenters. The quantitative estimate of drug-likeness (QED) is 0.750. The van der Waals surface area contributed by atoms with Crippen LogP contribution in [0.25, 0.3) is 5.65 Å². The number of morpholine rings is 1. The normalized spacial score (nSPS) is 15.1. The summed E-state index contributed by atoms with van der Waals surface area (Å²) in [5, 5.41) is 7.08. The standard InChI is InChI=1S/C20H23N5O2/c1-15-18(14-25-19(22-15)6-8-21-25)20(26)23-17-4-2-16(3-5-17)7-9-24-10-12-27-13-11-24/h2-6,8,14H,7,9-13H2,1H3,(H,23,26). The van der Waals surface area contributed by atoms with Crippen LogP contribution in [0.3, 0.4) is 0 Å². The molecule has 4 rings (SSSR count). The highest BCUT2D eigenvalue weighted by atomic mass is 16.5. The van der Waals surface area contributed by atoms with E-state index >= 15 is 0 Å². The number of rotatable bonds is 5. The van der Waals surface area contributed by atoms with Gasteiger partial charge in [0.1, 0.15) is 0 Å². The molecule has 140 valence electrons. The van der Waals surface area contributed by atoms with Crippen LogP contribution in [0.1, 0.15) is 21.6 Å². The number of anilines is 1. The van der Waals surface area contributed by atoms with Crippen molar-refractivity contribution in [3.8, 4) is 0 Å². The highest BCUT2D eigenvalue weighted by molar-refractivity contribution is 6.04. The van der Waals surface area contributed by atoms with E-state index in [1.54, 1.807) is 16.9 Å². The van der Waals surface area contributed by atoms with E-state index in [1.807, 2.05) is 25.1 Å². The van der Waals surface area contributed by atoms with Gasteiger partial charge in [0.2, 0.25) is 0 Å². The molecule has 0 unspecified atom stereocenters. The fraction of sp³-hybridized carbons (Fsp3) is 0.350. The molecular formula is C20H23N5O2. The lowest BCUT2D eigenvalue weighted by Gasteiger charge is -2.26. The van der Waals surface area contributed by atoms with E-state index in [-0.39, 0.29) is 5.91 Å². The van der Waals surface area contributed by atoms with E-state index < -0.39 is 0 Å². The van der Waals surface area contributed by atoms with Crippen molar-refractivity contribution in [2.75, 3.05) is 38.2 Å². The highest BCUT2D eigenvalue weighted by Crippen LogP contribution is 2.14. The molecule has 1 N–H and O–H groups in total. The van der Waals surface area contributed by atoms with Crippen molar-refractivity contribution in [1.29, 1.82) is 0 Å². The molecule has 0 saturated carbocycles. The molecule has 27 heavy (non-hydrogen) atoms. The molecule has 0 aliphatic carbocycles. The van der Waals surface area contributed by atoms with E-state index in [4.69, 9.17) is 4.74 Å². The minimum Gasteiger partial charge on any atom is -0.379 e. The van der Waals surface area contributed by atoms with Crippen LogP contribution in [-0.4, -0.2) is 58.3 Å². The monoisotopic (exact) mass is 365 g/mol. The van der Waals surface area contributed by atoms with Gasteiger partial charge in [-0.2, -0.15) is 5.10 Å². The van der Waals surface area contributed by atoms with Crippen LogP contribution in [-0.2, 0) is 11.2 Å². The zero-order valence-electron chi connectivity index (χ0n) is 15.4. The van der Waals surface area contributed by atoms with Gasteiger partial charge in [0.15, 0.2) is 5.65 Å². The fourth-order valence-corrected chi connectivity index (χ4v) is 3.23. The Balaban J connectivity index is 1.38. The van der Waals surface area contributed by atoms with E-state index in [0.717, 1.165) is 50.6 Å². The summed E-state index contributed by atoms with van der Waals surface area (Å²) < 4.78 is 6.98. The van der Waals surface area contributed by atoms with Gasteiger partial charge in [-0.25, -0.2) is 9.50 Å². The van der Waals surface area contributed by atoms with E-state index in [0.29, 0.717) is 11.3 Å². The van der Waals surface area contributed by atoms with Crippen LogP contribution in [0.5, 0.6) is 0 Å². The van der Waals surface area contributed by atoms with E-state index in [1.165, 1.54) is 5.56 Å². The molecule has 1 amide bonds. The van der Waals surface area contributed by atoms with Crippen LogP contribution in [0, 0.1) is 6.92 Å². The van der Waals surface area contributed by atoms with E-state index in [2.05, 4.69) is 32.4 Å². The van der Waals surface area contributed by atoms with Gasteiger partial charge in [0, 0.05) is 37.6 Å². The first kappa shape index (κ1) is 17.6. The number of aryl methyl sites for hydroxylation is 1. The summed E-state index contributed by atoms with van der Waals surface area (Å²) in [5.41, 5.74) is 3.96. The number of aromatic nitrogens is 3. The van der Waals surface area contributed by atoms with Crippen LogP contribution in [0.2, 0.25) is 0 Å². The molecular weight excluding hydrogens is 342 g/mol. The van der Waals surface area contributed by atoms with Crippen LogP contribution < -0.4 is 5.32 Å². The summed E-state index contributed by atoms with van der Waals surface area (Å²) in [6.45, 7) is 6.51. The second kappa shape index (κ2) is 7.85. The van der Waals surface area contributed by atoms with Gasteiger partial charge in [0.25, 0.3) is 5.91 Å². The molecule has 1 aromatic carbocycles. The van der Waals surface area contributed by atoms with Gasteiger partial charge in [-0.15, -0.1) is 0 Å². The molecule has 0 radical (unpaired) electrons. The number of hydrogen-bond acceptors (Lipinski definition) is 5. The summed E-state index contributed by atoms with van der Waals surface area (Å²) in [4.78, 5) is 19.4. The fourth-order valence-electron chi connectivity index (χ4n) is 3.23. The van der Waals surface area contributed by atoms with Crippen molar-refractivity contribution in [2.24, 2.45) is 0 Å². The molecule has 1 aliphatic rings. The maximum absolute atomic E-state index is 12.6. The predicted molar refractivity (Wildman–Crippen MR) is 103 cm³/mol. The zero-order valence-corrected chi connectivity index (χ0v) is 15.4. The lowest BCUT2D eigenvalue weighted by molar-refractivity contribution is 0.0384. The number of carbonyl (C=O) groups excluding carboxylic acids is 1. The van der Waals surface area contributed by atoms with Crippen LogP contribution >= 0.6 is 0 Å². The number of fused-ring (bicyclic) bond motifs is 1. The summed E-state index contributed by atoms with van der Waals surface area (Å²) in [7, 11) is 0. The number of amides is 1. The van der Waals surface area contributed by atoms with Crippen molar-refractivity contribution in [3.63, 3.8) is 0 Å². The third-order valence-electron chi connectivity index (χ3n) is 4.85. The average Bonchev–Trinajstić information content (AvgIpc) is 3.15. The Morgan fingerprint density at radius 1 is 1.19 bits per heavy atom. The molecule has 1 aliphatic heterocycles. The molecule has 1 fully saturated rings.